The van der Waals surface area contributed by atoms with Crippen LogP contribution in [0.1, 0.15) is 27.2 Å². The minimum atomic E-state index is -0.417. The maximum atomic E-state index is 11.3. The van der Waals surface area contributed by atoms with Crippen LogP contribution in [0.2, 0.25) is 0 Å². The van der Waals surface area contributed by atoms with Gasteiger partial charge in [-0.2, -0.15) is 0 Å². The minimum absolute atomic E-state index is 0.224. The summed E-state index contributed by atoms with van der Waals surface area (Å²) in [7, 11) is 0. The lowest BCUT2D eigenvalue weighted by atomic mass is 10.2. The molecule has 0 bridgehead atoms. The van der Waals surface area contributed by atoms with Gasteiger partial charge in [-0.05, 0) is 27.2 Å². The summed E-state index contributed by atoms with van der Waals surface area (Å²) in [4.78, 5) is 11.3. The lowest BCUT2D eigenvalue weighted by Gasteiger charge is -2.19. The first kappa shape index (κ1) is 15.1. The molecule has 4 heteroatoms. The van der Waals surface area contributed by atoms with Crippen molar-refractivity contribution in [2.24, 2.45) is 0 Å². The second-order valence-electron chi connectivity index (χ2n) is 4.45. The van der Waals surface area contributed by atoms with Crippen LogP contribution in [0.5, 0.6) is 0 Å². The van der Waals surface area contributed by atoms with E-state index in [1.54, 1.807) is 0 Å². The van der Waals surface area contributed by atoms with E-state index in [2.05, 4.69) is 11.9 Å². The van der Waals surface area contributed by atoms with Crippen molar-refractivity contribution in [2.45, 2.75) is 32.8 Å². The van der Waals surface area contributed by atoms with Crippen LogP contribution in [0.4, 0.5) is 0 Å². The van der Waals surface area contributed by atoms with Gasteiger partial charge in [-0.1, -0.05) is 6.08 Å². The van der Waals surface area contributed by atoms with Crippen molar-refractivity contribution in [2.75, 3.05) is 26.3 Å². The first-order valence-electron chi connectivity index (χ1n) is 5.57. The Morgan fingerprint density at radius 3 is 2.62 bits per heavy atom. The summed E-state index contributed by atoms with van der Waals surface area (Å²) in [6.45, 7) is 11.3. The Kier molecular flexibility index (Phi) is 7.85. The molecule has 0 aliphatic heterocycles. The summed E-state index contributed by atoms with van der Waals surface area (Å²) in [6, 6.07) is 0. The summed E-state index contributed by atoms with van der Waals surface area (Å²) in [5.41, 5.74) is -0.417. The molecule has 0 amide bonds. The van der Waals surface area contributed by atoms with Crippen LogP contribution in [-0.2, 0) is 14.3 Å². The van der Waals surface area contributed by atoms with Gasteiger partial charge in [-0.15, -0.1) is 6.58 Å². The number of nitrogens with one attached hydrogen (secondary N) is 1. The molecule has 0 aliphatic rings. The molecule has 0 spiro atoms. The van der Waals surface area contributed by atoms with Crippen LogP contribution >= 0.6 is 0 Å². The van der Waals surface area contributed by atoms with E-state index in [9.17, 15) is 4.79 Å². The summed E-state index contributed by atoms with van der Waals surface area (Å²) in [5, 5.41) is 2.96. The third-order valence-corrected chi connectivity index (χ3v) is 1.58. The van der Waals surface area contributed by atoms with Crippen molar-refractivity contribution in [3.8, 4) is 0 Å². The molecule has 0 fully saturated rings. The zero-order valence-electron chi connectivity index (χ0n) is 10.5. The van der Waals surface area contributed by atoms with Gasteiger partial charge < -0.3 is 14.8 Å². The highest BCUT2D eigenvalue weighted by atomic mass is 16.6. The van der Waals surface area contributed by atoms with E-state index in [-0.39, 0.29) is 12.5 Å². The molecular formula is C12H23NO3. The van der Waals surface area contributed by atoms with Crippen molar-refractivity contribution in [3.05, 3.63) is 12.7 Å². The summed E-state index contributed by atoms with van der Waals surface area (Å²) >= 11 is 0. The zero-order valence-corrected chi connectivity index (χ0v) is 10.5. The third kappa shape index (κ3) is 11.2. The molecule has 0 atom stereocenters. The highest BCUT2D eigenvalue weighted by Crippen LogP contribution is 2.05. The average molecular weight is 229 g/mol. The van der Waals surface area contributed by atoms with Gasteiger partial charge >= 0.3 is 5.97 Å². The van der Waals surface area contributed by atoms with Gasteiger partial charge in [-0.3, -0.25) is 4.79 Å². The number of carbonyl (C=O) groups is 1. The molecule has 94 valence electrons. The molecule has 0 saturated heterocycles. The Morgan fingerprint density at radius 1 is 1.38 bits per heavy atom. The van der Waals surface area contributed by atoms with E-state index in [4.69, 9.17) is 9.47 Å². The van der Waals surface area contributed by atoms with Crippen LogP contribution < -0.4 is 5.32 Å². The van der Waals surface area contributed by atoms with Crippen LogP contribution in [0, 0.1) is 0 Å². The van der Waals surface area contributed by atoms with E-state index in [0.29, 0.717) is 19.8 Å². The molecule has 0 aromatic heterocycles. The summed E-state index contributed by atoms with van der Waals surface area (Å²) in [5.74, 6) is -0.237. The number of esters is 1. The lowest BCUT2D eigenvalue weighted by Crippen LogP contribution is -2.32. The van der Waals surface area contributed by atoms with Crippen molar-refractivity contribution < 1.29 is 14.3 Å². The Morgan fingerprint density at radius 2 is 2.06 bits per heavy atom. The van der Waals surface area contributed by atoms with Gasteiger partial charge in [0.15, 0.2) is 0 Å². The molecule has 0 rings (SSSR count). The van der Waals surface area contributed by atoms with E-state index < -0.39 is 5.60 Å². The maximum absolute atomic E-state index is 11.3. The van der Waals surface area contributed by atoms with Crippen molar-refractivity contribution in [1.82, 2.24) is 5.32 Å². The molecule has 0 aromatic rings. The molecule has 0 saturated carbocycles. The first-order valence-corrected chi connectivity index (χ1v) is 5.57. The van der Waals surface area contributed by atoms with Gasteiger partial charge in [0, 0.05) is 6.54 Å². The Bertz CT molecular complexity index is 209. The Balaban J connectivity index is 3.31. The third-order valence-electron chi connectivity index (χ3n) is 1.58. The largest absolute Gasteiger partial charge is 0.459 e. The van der Waals surface area contributed by atoms with E-state index in [1.807, 2.05) is 26.8 Å². The highest BCUT2D eigenvalue weighted by Gasteiger charge is 2.15. The molecule has 0 aromatic carbocycles. The number of ether oxygens (including phenoxy) is 2. The molecule has 0 radical (unpaired) electrons. The second-order valence-corrected chi connectivity index (χ2v) is 4.45. The topological polar surface area (TPSA) is 47.6 Å². The molecule has 1 N–H and O–H groups in total. The van der Waals surface area contributed by atoms with Gasteiger partial charge in [0.05, 0.1) is 19.8 Å². The summed E-state index contributed by atoms with van der Waals surface area (Å²) in [6.07, 6.45) is 2.67. The number of rotatable bonds is 8. The van der Waals surface area contributed by atoms with Gasteiger partial charge in [0.1, 0.15) is 5.60 Å². The number of hydrogen-bond acceptors (Lipinski definition) is 4. The zero-order chi connectivity index (χ0) is 12.4. The van der Waals surface area contributed by atoms with Crippen molar-refractivity contribution >= 4 is 5.97 Å². The number of hydrogen-bond donors (Lipinski definition) is 1. The van der Waals surface area contributed by atoms with Gasteiger partial charge in [0.25, 0.3) is 0 Å². The van der Waals surface area contributed by atoms with Crippen LogP contribution in [-0.4, -0.2) is 37.9 Å². The fourth-order valence-corrected chi connectivity index (χ4v) is 0.981. The summed E-state index contributed by atoms with van der Waals surface area (Å²) < 4.78 is 10.4. The Hall–Kier alpha value is -0.870. The second kappa shape index (κ2) is 8.30. The van der Waals surface area contributed by atoms with Crippen LogP contribution in [0.25, 0.3) is 0 Å². The average Bonchev–Trinajstić information content (AvgIpc) is 2.13. The quantitative estimate of drug-likeness (QED) is 0.389. The minimum Gasteiger partial charge on any atom is -0.459 e. The monoisotopic (exact) mass is 229 g/mol. The van der Waals surface area contributed by atoms with E-state index in [1.165, 1.54) is 0 Å². The normalized spacial score (nSPS) is 11.2. The molecular weight excluding hydrogens is 206 g/mol. The van der Waals surface area contributed by atoms with Gasteiger partial charge in [0.2, 0.25) is 0 Å². The predicted molar refractivity (Wildman–Crippen MR) is 64.3 cm³/mol. The molecule has 0 unspecified atom stereocenters. The predicted octanol–water partition coefficient (Wildman–Crippen LogP) is 1.51. The van der Waals surface area contributed by atoms with Crippen LogP contribution in [0.15, 0.2) is 12.7 Å². The lowest BCUT2D eigenvalue weighted by molar-refractivity contribution is -0.153. The standard InChI is InChI=1S/C12H23NO3/c1-5-6-8-15-9-7-13-10-11(14)16-12(2,3)4/h5,13H,1,6-10H2,2-4H3. The first-order chi connectivity index (χ1) is 7.45. The van der Waals surface area contributed by atoms with E-state index >= 15 is 0 Å². The Labute approximate surface area is 98.0 Å². The van der Waals surface area contributed by atoms with Crippen LogP contribution in [0.3, 0.4) is 0 Å². The van der Waals surface area contributed by atoms with Crippen molar-refractivity contribution in [3.63, 3.8) is 0 Å². The molecule has 4 nitrogen and oxygen atoms in total. The fourth-order valence-electron chi connectivity index (χ4n) is 0.981. The molecule has 16 heavy (non-hydrogen) atoms. The number of carbonyl (C=O) groups excluding carboxylic acids is 1. The highest BCUT2D eigenvalue weighted by molar-refractivity contribution is 5.72. The van der Waals surface area contributed by atoms with Crippen molar-refractivity contribution in [1.29, 1.82) is 0 Å². The molecule has 0 heterocycles. The van der Waals surface area contributed by atoms with Gasteiger partial charge in [-0.25, -0.2) is 0 Å². The van der Waals surface area contributed by atoms with E-state index in [0.717, 1.165) is 6.42 Å². The molecule has 0 aliphatic carbocycles. The SMILES string of the molecule is C=CCCOCCNCC(=O)OC(C)(C)C. The smallest absolute Gasteiger partial charge is 0.320 e. The fraction of sp³-hybridized carbons (Fsp3) is 0.750. The maximum Gasteiger partial charge on any atom is 0.320 e.